The highest BCUT2D eigenvalue weighted by Crippen LogP contribution is 2.29. The van der Waals surface area contributed by atoms with Gasteiger partial charge in [0.1, 0.15) is 6.61 Å². The number of pyridine rings is 1. The first kappa shape index (κ1) is 18.3. The second-order valence-electron chi connectivity index (χ2n) is 6.38. The highest BCUT2D eigenvalue weighted by molar-refractivity contribution is 6.10. The van der Waals surface area contributed by atoms with E-state index in [1.54, 1.807) is 12.3 Å². The Labute approximate surface area is 141 Å². The Morgan fingerprint density at radius 3 is 2.71 bits per heavy atom. The van der Waals surface area contributed by atoms with E-state index in [1.165, 1.54) is 6.20 Å². The van der Waals surface area contributed by atoms with E-state index in [0.29, 0.717) is 18.1 Å². The molecule has 1 aliphatic rings. The third kappa shape index (κ3) is 5.85. The lowest BCUT2D eigenvalue weighted by atomic mass is 9.89. The van der Waals surface area contributed by atoms with E-state index in [0.717, 1.165) is 18.4 Å². The molecule has 1 fully saturated rings. The quantitative estimate of drug-likeness (QED) is 0.494. The van der Waals surface area contributed by atoms with Gasteiger partial charge in [0.25, 0.3) is 0 Å². The van der Waals surface area contributed by atoms with Gasteiger partial charge in [-0.2, -0.15) is 0 Å². The maximum Gasteiger partial charge on any atom is 0.303 e. The predicted molar refractivity (Wildman–Crippen MR) is 86.8 cm³/mol. The number of hydrogen-bond acceptors (Lipinski definition) is 5. The number of carboxylic acid groups (broad SMARTS) is 1. The molecule has 2 rings (SSSR count). The van der Waals surface area contributed by atoms with Gasteiger partial charge in [-0.1, -0.05) is 0 Å². The van der Waals surface area contributed by atoms with E-state index in [2.05, 4.69) is 4.98 Å². The minimum absolute atomic E-state index is 0.0634. The number of ketones is 2. The second-order valence-corrected chi connectivity index (χ2v) is 6.38. The minimum atomic E-state index is -0.934. The number of aryl methyl sites for hydroxylation is 1. The van der Waals surface area contributed by atoms with Crippen molar-refractivity contribution in [1.29, 1.82) is 0 Å². The van der Waals surface area contributed by atoms with E-state index in [4.69, 9.17) is 9.84 Å². The monoisotopic (exact) mass is 333 g/mol. The summed E-state index contributed by atoms with van der Waals surface area (Å²) in [4.78, 5) is 39.7. The lowest BCUT2D eigenvalue weighted by molar-refractivity contribution is -0.137. The number of carbonyl (C=O) groups is 3. The lowest BCUT2D eigenvalue weighted by Gasteiger charge is -2.15. The molecule has 0 aliphatic heterocycles. The molecule has 0 saturated heterocycles. The number of aliphatic carboxylic acids is 1. The maximum atomic E-state index is 12.7. The molecule has 1 unspecified atom stereocenters. The fraction of sp³-hybridized carbons (Fsp3) is 0.556. The van der Waals surface area contributed by atoms with Crippen LogP contribution in [-0.2, 0) is 14.3 Å². The van der Waals surface area contributed by atoms with Crippen LogP contribution in [0.25, 0.3) is 0 Å². The van der Waals surface area contributed by atoms with Crippen LogP contribution < -0.4 is 0 Å². The standard InChI is InChI=1S/C18H23NO5/c1-12-7-14(9-19-8-12)18(23)15(3-2-4-17(21)22)16(20)11-24-10-13-5-6-13/h7-9,13,15H,2-6,10-11H2,1H3,(H,21,22). The van der Waals surface area contributed by atoms with Crippen LogP contribution in [0.4, 0.5) is 0 Å². The smallest absolute Gasteiger partial charge is 0.303 e. The molecule has 1 heterocycles. The predicted octanol–water partition coefficient (Wildman–Crippen LogP) is 2.44. The molecule has 1 N–H and O–H groups in total. The molecule has 1 aromatic heterocycles. The second kappa shape index (κ2) is 8.68. The van der Waals surface area contributed by atoms with Crippen molar-refractivity contribution < 1.29 is 24.2 Å². The first-order valence-electron chi connectivity index (χ1n) is 8.25. The number of carbonyl (C=O) groups excluding carboxylic acids is 2. The van der Waals surface area contributed by atoms with Crippen LogP contribution in [0.15, 0.2) is 18.5 Å². The summed E-state index contributed by atoms with van der Waals surface area (Å²) in [5.41, 5.74) is 1.22. The first-order valence-corrected chi connectivity index (χ1v) is 8.25. The van der Waals surface area contributed by atoms with Gasteiger partial charge in [0.05, 0.1) is 5.92 Å². The van der Waals surface area contributed by atoms with Gasteiger partial charge in [-0.25, -0.2) is 0 Å². The van der Waals surface area contributed by atoms with Crippen molar-refractivity contribution in [1.82, 2.24) is 4.98 Å². The minimum Gasteiger partial charge on any atom is -0.481 e. The van der Waals surface area contributed by atoms with Gasteiger partial charge in [0, 0.05) is 31.0 Å². The van der Waals surface area contributed by atoms with Crippen molar-refractivity contribution in [2.45, 2.75) is 39.0 Å². The Kier molecular flexibility index (Phi) is 6.61. The van der Waals surface area contributed by atoms with Crippen LogP contribution in [0.2, 0.25) is 0 Å². The number of Topliss-reactive ketones (excluding diaryl/α,β-unsaturated/α-hetero) is 2. The normalized spacial score (nSPS) is 15.0. The zero-order valence-electron chi connectivity index (χ0n) is 13.9. The maximum absolute atomic E-state index is 12.7. The Morgan fingerprint density at radius 1 is 1.33 bits per heavy atom. The van der Waals surface area contributed by atoms with Crippen LogP contribution in [0.3, 0.4) is 0 Å². The molecule has 6 heteroatoms. The summed E-state index contributed by atoms with van der Waals surface area (Å²) < 4.78 is 5.40. The van der Waals surface area contributed by atoms with Gasteiger partial charge in [-0.05, 0) is 50.2 Å². The number of hydrogen-bond donors (Lipinski definition) is 1. The fourth-order valence-corrected chi connectivity index (χ4v) is 2.50. The molecule has 1 aliphatic carbocycles. The van der Waals surface area contributed by atoms with Crippen molar-refractivity contribution >= 4 is 17.5 Å². The fourth-order valence-electron chi connectivity index (χ4n) is 2.50. The van der Waals surface area contributed by atoms with Gasteiger partial charge < -0.3 is 9.84 Å². The third-order valence-electron chi connectivity index (χ3n) is 4.04. The molecule has 0 aromatic carbocycles. The van der Waals surface area contributed by atoms with Crippen LogP contribution in [0.5, 0.6) is 0 Å². The van der Waals surface area contributed by atoms with E-state index in [-0.39, 0.29) is 37.4 Å². The van der Waals surface area contributed by atoms with Gasteiger partial charge >= 0.3 is 5.97 Å². The number of rotatable bonds is 11. The van der Waals surface area contributed by atoms with Gasteiger partial charge in [0.2, 0.25) is 0 Å². The molecule has 0 amide bonds. The Morgan fingerprint density at radius 2 is 2.08 bits per heavy atom. The highest BCUT2D eigenvalue weighted by Gasteiger charge is 2.28. The molecule has 0 spiro atoms. The summed E-state index contributed by atoms with van der Waals surface area (Å²) in [7, 11) is 0. The highest BCUT2D eigenvalue weighted by atomic mass is 16.5. The number of aromatic nitrogens is 1. The zero-order valence-corrected chi connectivity index (χ0v) is 13.9. The molecule has 0 bridgehead atoms. The number of carboxylic acids is 1. The molecule has 24 heavy (non-hydrogen) atoms. The van der Waals surface area contributed by atoms with Crippen molar-refractivity contribution in [2.24, 2.45) is 11.8 Å². The molecule has 130 valence electrons. The van der Waals surface area contributed by atoms with Crippen molar-refractivity contribution in [3.63, 3.8) is 0 Å². The lowest BCUT2D eigenvalue weighted by Crippen LogP contribution is -2.28. The SMILES string of the molecule is Cc1cncc(C(=O)C(CCCC(=O)O)C(=O)COCC2CC2)c1. The van der Waals surface area contributed by atoms with Gasteiger partial charge in [-0.15, -0.1) is 0 Å². The average molecular weight is 333 g/mol. The summed E-state index contributed by atoms with van der Waals surface area (Å²) in [5, 5.41) is 8.76. The van der Waals surface area contributed by atoms with Crippen LogP contribution in [-0.4, -0.2) is 40.8 Å². The summed E-state index contributed by atoms with van der Waals surface area (Å²) in [6.07, 6.45) is 5.76. The van der Waals surface area contributed by atoms with E-state index >= 15 is 0 Å². The molecule has 1 atom stereocenters. The summed E-state index contributed by atoms with van der Waals surface area (Å²) in [5.74, 6) is -1.85. The Hall–Kier alpha value is -2.08. The zero-order chi connectivity index (χ0) is 17.5. The molecule has 1 aromatic rings. The van der Waals surface area contributed by atoms with Gasteiger partial charge in [0.15, 0.2) is 11.6 Å². The van der Waals surface area contributed by atoms with E-state index in [1.807, 2.05) is 6.92 Å². The number of ether oxygens (including phenoxy) is 1. The van der Waals surface area contributed by atoms with E-state index < -0.39 is 11.9 Å². The molecule has 1 saturated carbocycles. The summed E-state index contributed by atoms with van der Waals surface area (Å²) in [6, 6.07) is 1.69. The Bertz CT molecular complexity index is 609. The largest absolute Gasteiger partial charge is 0.481 e. The molecule has 0 radical (unpaired) electrons. The van der Waals surface area contributed by atoms with Gasteiger partial charge in [-0.3, -0.25) is 19.4 Å². The van der Waals surface area contributed by atoms with Crippen molar-refractivity contribution in [3.05, 3.63) is 29.6 Å². The van der Waals surface area contributed by atoms with Crippen molar-refractivity contribution in [3.8, 4) is 0 Å². The molecular formula is C18H23NO5. The first-order chi connectivity index (χ1) is 11.5. The molecule has 6 nitrogen and oxygen atoms in total. The van der Waals surface area contributed by atoms with Crippen LogP contribution in [0, 0.1) is 18.8 Å². The topological polar surface area (TPSA) is 93.6 Å². The van der Waals surface area contributed by atoms with Crippen LogP contribution in [0.1, 0.15) is 48.0 Å². The third-order valence-corrected chi connectivity index (χ3v) is 4.04. The van der Waals surface area contributed by atoms with E-state index in [9.17, 15) is 14.4 Å². The number of nitrogens with zero attached hydrogens (tertiary/aromatic N) is 1. The summed E-state index contributed by atoms with van der Waals surface area (Å²) >= 11 is 0. The Balaban J connectivity index is 2.00. The molecular weight excluding hydrogens is 310 g/mol. The van der Waals surface area contributed by atoms with Crippen LogP contribution >= 0.6 is 0 Å². The summed E-state index contributed by atoms with van der Waals surface area (Å²) in [6.45, 7) is 2.27. The van der Waals surface area contributed by atoms with Crippen molar-refractivity contribution in [2.75, 3.05) is 13.2 Å². The average Bonchev–Trinajstić information content (AvgIpc) is 3.35.